The lowest BCUT2D eigenvalue weighted by molar-refractivity contribution is -0.113. The molecular weight excluding hydrogens is 470 g/mol. The standard InChI is InChI=1S/C25H23N3O4S2/c1-31-20-13-12-16(14-21(20)32-2)28-24(30)17-8-4-5-9-18(17)27-25(28)34-15-23(29)26-19-10-6-7-11-22(19)33-3/h4-14H,15H2,1-3H3,(H,26,29). The number of fused-ring (bicyclic) bond motifs is 1. The number of anilines is 1. The number of hydrogen-bond donors (Lipinski definition) is 1. The monoisotopic (exact) mass is 493 g/mol. The van der Waals surface area contributed by atoms with Crippen LogP contribution in [0.5, 0.6) is 11.5 Å². The van der Waals surface area contributed by atoms with Gasteiger partial charge < -0.3 is 14.8 Å². The predicted octanol–water partition coefficient (Wildman–Crippen LogP) is 4.86. The second-order valence-electron chi connectivity index (χ2n) is 7.13. The SMILES string of the molecule is COc1ccc(-n2c(SCC(=O)Nc3ccccc3SC)nc3ccccc3c2=O)cc1OC. The van der Waals surface area contributed by atoms with Crippen molar-refractivity contribution in [2.75, 3.05) is 31.5 Å². The summed E-state index contributed by atoms with van der Waals surface area (Å²) in [5.74, 6) is 0.935. The summed E-state index contributed by atoms with van der Waals surface area (Å²) in [6.07, 6.45) is 1.96. The molecule has 174 valence electrons. The molecular formula is C25H23N3O4S2. The van der Waals surface area contributed by atoms with Crippen molar-refractivity contribution in [3.8, 4) is 17.2 Å². The molecule has 4 rings (SSSR count). The molecule has 0 radical (unpaired) electrons. The molecule has 7 nitrogen and oxygen atoms in total. The topological polar surface area (TPSA) is 82.5 Å². The summed E-state index contributed by atoms with van der Waals surface area (Å²) in [6, 6.07) is 20.0. The molecule has 0 saturated carbocycles. The molecule has 0 fully saturated rings. The van der Waals surface area contributed by atoms with Gasteiger partial charge in [0.1, 0.15) is 0 Å². The maximum absolute atomic E-state index is 13.5. The van der Waals surface area contributed by atoms with Crippen molar-refractivity contribution in [3.05, 3.63) is 77.1 Å². The maximum atomic E-state index is 13.5. The summed E-state index contributed by atoms with van der Waals surface area (Å²) in [4.78, 5) is 31.9. The van der Waals surface area contributed by atoms with Crippen molar-refractivity contribution in [1.82, 2.24) is 9.55 Å². The molecule has 0 bridgehead atoms. The van der Waals surface area contributed by atoms with Gasteiger partial charge in [0.2, 0.25) is 5.91 Å². The Bertz CT molecular complexity index is 1400. The van der Waals surface area contributed by atoms with E-state index in [1.165, 1.54) is 23.4 Å². The predicted molar refractivity (Wildman–Crippen MR) is 138 cm³/mol. The molecule has 9 heteroatoms. The molecule has 1 N–H and O–H groups in total. The van der Waals surface area contributed by atoms with Crippen molar-refractivity contribution in [2.24, 2.45) is 0 Å². The van der Waals surface area contributed by atoms with Gasteiger partial charge in [-0.3, -0.25) is 14.2 Å². The minimum absolute atomic E-state index is 0.0841. The van der Waals surface area contributed by atoms with Gasteiger partial charge in [-0.15, -0.1) is 11.8 Å². The number of para-hydroxylation sites is 2. The van der Waals surface area contributed by atoms with Crippen molar-refractivity contribution >= 4 is 46.0 Å². The van der Waals surface area contributed by atoms with Crippen LogP contribution in [0.1, 0.15) is 0 Å². The minimum Gasteiger partial charge on any atom is -0.493 e. The molecule has 4 aromatic rings. The quantitative estimate of drug-likeness (QED) is 0.277. The van der Waals surface area contributed by atoms with Crippen molar-refractivity contribution in [3.63, 3.8) is 0 Å². The van der Waals surface area contributed by atoms with Crippen LogP contribution in [0, 0.1) is 0 Å². The Morgan fingerprint density at radius 2 is 1.74 bits per heavy atom. The number of aromatic nitrogens is 2. The summed E-state index contributed by atoms with van der Waals surface area (Å²) < 4.78 is 12.2. The van der Waals surface area contributed by atoms with E-state index >= 15 is 0 Å². The molecule has 1 aromatic heterocycles. The van der Waals surface area contributed by atoms with Crippen LogP contribution < -0.4 is 20.3 Å². The van der Waals surface area contributed by atoms with Crippen LogP contribution >= 0.6 is 23.5 Å². The highest BCUT2D eigenvalue weighted by molar-refractivity contribution is 7.99. The fourth-order valence-corrected chi connectivity index (χ4v) is 4.83. The lowest BCUT2D eigenvalue weighted by Crippen LogP contribution is -2.23. The zero-order valence-corrected chi connectivity index (χ0v) is 20.5. The Morgan fingerprint density at radius 1 is 1.00 bits per heavy atom. The lowest BCUT2D eigenvalue weighted by atomic mass is 10.2. The number of carbonyl (C=O) groups is 1. The first-order valence-corrected chi connectivity index (χ1v) is 12.6. The van der Waals surface area contributed by atoms with E-state index in [1.54, 1.807) is 55.3 Å². The third kappa shape index (κ3) is 4.90. The Labute approximate surface area is 205 Å². The largest absolute Gasteiger partial charge is 0.493 e. The van der Waals surface area contributed by atoms with Crippen molar-refractivity contribution < 1.29 is 14.3 Å². The van der Waals surface area contributed by atoms with Crippen LogP contribution in [0.25, 0.3) is 16.6 Å². The molecule has 1 heterocycles. The zero-order valence-electron chi connectivity index (χ0n) is 18.9. The first-order valence-electron chi connectivity index (χ1n) is 10.4. The van der Waals surface area contributed by atoms with Gasteiger partial charge in [-0.1, -0.05) is 36.0 Å². The van der Waals surface area contributed by atoms with E-state index in [4.69, 9.17) is 14.5 Å². The summed E-state index contributed by atoms with van der Waals surface area (Å²) in [7, 11) is 3.09. The van der Waals surface area contributed by atoms with Crippen LogP contribution in [-0.2, 0) is 4.79 Å². The second-order valence-corrected chi connectivity index (χ2v) is 8.92. The van der Waals surface area contributed by atoms with E-state index in [2.05, 4.69) is 5.32 Å². The molecule has 1 amide bonds. The number of hydrogen-bond acceptors (Lipinski definition) is 7. The molecule has 0 aliphatic heterocycles. The number of rotatable bonds is 8. The van der Waals surface area contributed by atoms with Gasteiger partial charge in [0.15, 0.2) is 16.7 Å². The molecule has 34 heavy (non-hydrogen) atoms. The van der Waals surface area contributed by atoms with Crippen LogP contribution in [0.15, 0.2) is 81.6 Å². The van der Waals surface area contributed by atoms with E-state index in [1.807, 2.05) is 36.6 Å². The minimum atomic E-state index is -0.228. The maximum Gasteiger partial charge on any atom is 0.266 e. The number of thioether (sulfide) groups is 2. The summed E-state index contributed by atoms with van der Waals surface area (Å²) in [5, 5.41) is 3.84. The molecule has 0 aliphatic rings. The van der Waals surface area contributed by atoms with Gasteiger partial charge in [0, 0.05) is 11.0 Å². The molecule has 0 atom stereocenters. The fraction of sp³-hybridized carbons (Fsp3) is 0.160. The number of nitrogens with zero attached hydrogens (tertiary/aromatic N) is 2. The van der Waals surface area contributed by atoms with Crippen LogP contribution in [0.2, 0.25) is 0 Å². The number of methoxy groups -OCH3 is 2. The van der Waals surface area contributed by atoms with E-state index in [0.29, 0.717) is 33.2 Å². The Hall–Kier alpha value is -3.43. The summed E-state index contributed by atoms with van der Waals surface area (Å²) in [5.41, 5.74) is 1.66. The van der Waals surface area contributed by atoms with E-state index < -0.39 is 0 Å². The number of carbonyl (C=O) groups excluding carboxylic acids is 1. The van der Waals surface area contributed by atoms with Gasteiger partial charge in [0.25, 0.3) is 5.56 Å². The van der Waals surface area contributed by atoms with Crippen molar-refractivity contribution in [2.45, 2.75) is 10.1 Å². The average molecular weight is 494 g/mol. The number of benzene rings is 3. The van der Waals surface area contributed by atoms with E-state index in [0.717, 1.165) is 10.6 Å². The van der Waals surface area contributed by atoms with Gasteiger partial charge in [-0.05, 0) is 42.7 Å². The smallest absolute Gasteiger partial charge is 0.266 e. The fourth-order valence-electron chi connectivity index (χ4n) is 3.47. The van der Waals surface area contributed by atoms with Crippen LogP contribution in [-0.4, -0.2) is 41.7 Å². The van der Waals surface area contributed by atoms with E-state index in [9.17, 15) is 9.59 Å². The number of nitrogens with one attached hydrogen (secondary N) is 1. The zero-order chi connectivity index (χ0) is 24.1. The highest BCUT2D eigenvalue weighted by Gasteiger charge is 2.17. The van der Waals surface area contributed by atoms with Gasteiger partial charge in [-0.25, -0.2) is 4.98 Å². The van der Waals surface area contributed by atoms with E-state index in [-0.39, 0.29) is 17.2 Å². The van der Waals surface area contributed by atoms with Crippen LogP contribution in [0.3, 0.4) is 0 Å². The molecule has 3 aromatic carbocycles. The molecule has 0 saturated heterocycles. The third-order valence-corrected chi connectivity index (χ3v) is 6.82. The van der Waals surface area contributed by atoms with Gasteiger partial charge >= 0.3 is 0 Å². The van der Waals surface area contributed by atoms with Gasteiger partial charge in [0.05, 0.1) is 42.3 Å². The molecule has 0 aliphatic carbocycles. The number of amides is 1. The van der Waals surface area contributed by atoms with Crippen molar-refractivity contribution in [1.29, 1.82) is 0 Å². The highest BCUT2D eigenvalue weighted by Crippen LogP contribution is 2.31. The number of ether oxygens (including phenoxy) is 2. The summed E-state index contributed by atoms with van der Waals surface area (Å²) in [6.45, 7) is 0. The average Bonchev–Trinajstić information content (AvgIpc) is 2.87. The molecule has 0 spiro atoms. The normalized spacial score (nSPS) is 10.8. The Kier molecular flexibility index (Phi) is 7.44. The van der Waals surface area contributed by atoms with Gasteiger partial charge in [-0.2, -0.15) is 0 Å². The highest BCUT2D eigenvalue weighted by atomic mass is 32.2. The Balaban J connectivity index is 1.71. The van der Waals surface area contributed by atoms with Crippen LogP contribution in [0.4, 0.5) is 5.69 Å². The summed E-state index contributed by atoms with van der Waals surface area (Å²) >= 11 is 2.76. The first-order chi connectivity index (χ1) is 16.5. The Morgan fingerprint density at radius 3 is 2.50 bits per heavy atom. The first kappa shape index (κ1) is 23.7. The molecule has 0 unspecified atom stereocenters. The second kappa shape index (κ2) is 10.7. The third-order valence-electron chi connectivity index (χ3n) is 5.08. The lowest BCUT2D eigenvalue weighted by Gasteiger charge is -2.15.